The predicted octanol–water partition coefficient (Wildman–Crippen LogP) is 1.40. The van der Waals surface area contributed by atoms with Crippen molar-refractivity contribution in [2.75, 3.05) is 19.8 Å². The van der Waals surface area contributed by atoms with E-state index in [4.69, 9.17) is 32.7 Å². The van der Waals surface area contributed by atoms with E-state index < -0.39 is 4.84 Å². The first kappa shape index (κ1) is 13.0. The van der Waals surface area contributed by atoms with Gasteiger partial charge in [-0.2, -0.15) is 0 Å². The molecule has 1 fully saturated rings. The minimum absolute atomic E-state index is 0.0188. The van der Waals surface area contributed by atoms with E-state index in [-0.39, 0.29) is 18.2 Å². The summed E-state index contributed by atoms with van der Waals surface area (Å²) in [4.78, 5) is 12.1. The lowest BCUT2D eigenvalue weighted by Gasteiger charge is -2.28. The van der Waals surface area contributed by atoms with Gasteiger partial charge < -0.3 is 14.4 Å². The molecule has 0 aromatic carbocycles. The highest BCUT2D eigenvalue weighted by Crippen LogP contribution is 2.14. The van der Waals surface area contributed by atoms with Crippen molar-refractivity contribution in [2.45, 2.75) is 31.0 Å². The summed E-state index contributed by atoms with van der Waals surface area (Å²) in [5, 5.41) is 0. The normalized spacial score (nSPS) is 17.7. The lowest BCUT2D eigenvalue weighted by atomic mass is 10.3. The third kappa shape index (κ3) is 3.79. The summed E-state index contributed by atoms with van der Waals surface area (Å²) < 4.78 is 10.5. The quantitative estimate of drug-likeness (QED) is 0.714. The largest absolute Gasteiger partial charge is 0.348 e. The van der Waals surface area contributed by atoms with E-state index in [1.54, 1.807) is 4.90 Å². The van der Waals surface area contributed by atoms with E-state index in [1.165, 1.54) is 0 Å². The van der Waals surface area contributed by atoms with Crippen LogP contribution >= 0.6 is 23.2 Å². The molecule has 0 aliphatic carbocycles. The Balaban J connectivity index is 2.53. The van der Waals surface area contributed by atoms with Crippen molar-refractivity contribution in [3.63, 3.8) is 0 Å². The third-order valence-corrected chi connectivity index (χ3v) is 2.50. The van der Waals surface area contributed by atoms with E-state index in [2.05, 4.69) is 0 Å². The average Bonchev–Trinajstić information content (AvgIpc) is 2.64. The molecule has 0 N–H and O–H groups in total. The maximum absolute atomic E-state index is 11.6. The molecular formula is C9H15Cl2NO3. The molecule has 4 nitrogen and oxygen atoms in total. The summed E-state index contributed by atoms with van der Waals surface area (Å²) in [5.41, 5.74) is 0. The number of amides is 1. The van der Waals surface area contributed by atoms with E-state index in [1.807, 2.05) is 13.8 Å². The van der Waals surface area contributed by atoms with Gasteiger partial charge in [-0.1, -0.05) is 23.2 Å². The molecule has 88 valence electrons. The first-order valence-corrected chi connectivity index (χ1v) is 5.71. The fourth-order valence-corrected chi connectivity index (χ4v) is 1.60. The molecule has 6 heteroatoms. The molecule has 0 spiro atoms. The zero-order chi connectivity index (χ0) is 11.4. The molecular weight excluding hydrogens is 241 g/mol. The van der Waals surface area contributed by atoms with Crippen LogP contribution in [-0.2, 0) is 14.3 Å². The first-order chi connectivity index (χ1) is 7.02. The molecule has 0 atom stereocenters. The van der Waals surface area contributed by atoms with Gasteiger partial charge in [0.05, 0.1) is 19.8 Å². The second kappa shape index (κ2) is 5.89. The van der Waals surface area contributed by atoms with Crippen LogP contribution in [0.3, 0.4) is 0 Å². The highest BCUT2D eigenvalue weighted by molar-refractivity contribution is 6.53. The summed E-state index contributed by atoms with van der Waals surface area (Å²) >= 11 is 11.1. The van der Waals surface area contributed by atoms with Crippen LogP contribution in [0.2, 0.25) is 0 Å². The molecule has 0 saturated carbocycles. The molecule has 0 aromatic heterocycles. The van der Waals surface area contributed by atoms with Crippen molar-refractivity contribution in [3.8, 4) is 0 Å². The van der Waals surface area contributed by atoms with Crippen molar-refractivity contribution < 1.29 is 14.3 Å². The van der Waals surface area contributed by atoms with Crippen molar-refractivity contribution in [1.82, 2.24) is 4.90 Å². The van der Waals surface area contributed by atoms with Gasteiger partial charge in [-0.25, -0.2) is 0 Å². The summed E-state index contributed by atoms with van der Waals surface area (Å²) in [6.07, 6.45) is -0.358. The van der Waals surface area contributed by atoms with Gasteiger partial charge in [0.1, 0.15) is 0 Å². The molecule has 1 saturated heterocycles. The minimum atomic E-state index is -1.03. The second-order valence-corrected chi connectivity index (χ2v) is 4.65. The Hall–Kier alpha value is -0.0300. The molecule has 0 bridgehead atoms. The standard InChI is InChI=1S/C9H15Cl2NO3/c1-6(2)12(9(13)8(10)11)5-7-14-3-4-15-7/h6-8H,3-5H2,1-2H3. The second-order valence-electron chi connectivity index (χ2n) is 3.56. The summed E-state index contributed by atoms with van der Waals surface area (Å²) in [6, 6.07) is 0.0188. The van der Waals surface area contributed by atoms with Crippen LogP contribution in [0.25, 0.3) is 0 Å². The Bertz CT molecular complexity index is 217. The van der Waals surface area contributed by atoms with Crippen LogP contribution in [0, 0.1) is 0 Å². The number of ether oxygens (including phenoxy) is 2. The number of nitrogens with zero attached hydrogens (tertiary/aromatic N) is 1. The van der Waals surface area contributed by atoms with Gasteiger partial charge in [0.15, 0.2) is 11.1 Å². The Morgan fingerprint density at radius 1 is 1.40 bits per heavy atom. The Kier molecular flexibility index (Phi) is 5.12. The molecule has 15 heavy (non-hydrogen) atoms. The number of rotatable bonds is 4. The zero-order valence-corrected chi connectivity index (χ0v) is 10.3. The molecule has 1 heterocycles. The van der Waals surface area contributed by atoms with Crippen molar-refractivity contribution >= 4 is 29.1 Å². The molecule has 1 aliphatic heterocycles. The van der Waals surface area contributed by atoms with E-state index in [9.17, 15) is 4.79 Å². The molecule has 0 aromatic rings. The Labute approximate surface area is 99.4 Å². The molecule has 1 aliphatic rings. The van der Waals surface area contributed by atoms with E-state index >= 15 is 0 Å². The first-order valence-electron chi connectivity index (χ1n) is 4.84. The van der Waals surface area contributed by atoms with E-state index in [0.29, 0.717) is 19.8 Å². The van der Waals surface area contributed by atoms with Crippen molar-refractivity contribution in [2.24, 2.45) is 0 Å². The fourth-order valence-electron chi connectivity index (χ4n) is 1.35. The smallest absolute Gasteiger partial charge is 0.256 e. The monoisotopic (exact) mass is 255 g/mol. The minimum Gasteiger partial charge on any atom is -0.348 e. The number of carbonyl (C=O) groups is 1. The van der Waals surface area contributed by atoms with Crippen LogP contribution in [0.1, 0.15) is 13.8 Å². The van der Waals surface area contributed by atoms with Crippen molar-refractivity contribution in [1.29, 1.82) is 0 Å². The maximum atomic E-state index is 11.6. The number of alkyl halides is 2. The topological polar surface area (TPSA) is 38.8 Å². The zero-order valence-electron chi connectivity index (χ0n) is 8.78. The summed E-state index contributed by atoms with van der Waals surface area (Å²) in [7, 11) is 0. The highest BCUT2D eigenvalue weighted by atomic mass is 35.5. The van der Waals surface area contributed by atoms with Crippen LogP contribution in [0.5, 0.6) is 0 Å². The van der Waals surface area contributed by atoms with Gasteiger partial charge in [0.2, 0.25) is 0 Å². The van der Waals surface area contributed by atoms with Gasteiger partial charge in [-0.15, -0.1) is 0 Å². The van der Waals surface area contributed by atoms with Gasteiger partial charge >= 0.3 is 0 Å². The molecule has 1 rings (SSSR count). The number of hydrogen-bond acceptors (Lipinski definition) is 3. The number of hydrogen-bond donors (Lipinski definition) is 0. The Morgan fingerprint density at radius 2 is 1.93 bits per heavy atom. The third-order valence-electron chi connectivity index (χ3n) is 2.13. The molecule has 0 unspecified atom stereocenters. The highest BCUT2D eigenvalue weighted by Gasteiger charge is 2.27. The lowest BCUT2D eigenvalue weighted by molar-refractivity contribution is -0.138. The average molecular weight is 256 g/mol. The van der Waals surface area contributed by atoms with Crippen LogP contribution in [-0.4, -0.2) is 47.7 Å². The van der Waals surface area contributed by atoms with Gasteiger partial charge in [0, 0.05) is 6.04 Å². The van der Waals surface area contributed by atoms with Crippen LogP contribution in [0.4, 0.5) is 0 Å². The molecule has 0 radical (unpaired) electrons. The summed E-state index contributed by atoms with van der Waals surface area (Å²) in [6.45, 7) is 5.28. The Morgan fingerprint density at radius 3 is 2.33 bits per heavy atom. The van der Waals surface area contributed by atoms with Crippen molar-refractivity contribution in [3.05, 3.63) is 0 Å². The predicted molar refractivity (Wildman–Crippen MR) is 58.0 cm³/mol. The lowest BCUT2D eigenvalue weighted by Crippen LogP contribution is -2.44. The van der Waals surface area contributed by atoms with Crippen LogP contribution < -0.4 is 0 Å². The van der Waals surface area contributed by atoms with Gasteiger partial charge in [-0.3, -0.25) is 4.79 Å². The van der Waals surface area contributed by atoms with Gasteiger partial charge in [-0.05, 0) is 13.8 Å². The summed E-state index contributed by atoms with van der Waals surface area (Å²) in [5.74, 6) is -0.313. The molecule has 1 amide bonds. The fraction of sp³-hybridized carbons (Fsp3) is 0.889. The van der Waals surface area contributed by atoms with E-state index in [0.717, 1.165) is 0 Å². The SMILES string of the molecule is CC(C)N(CC1OCCO1)C(=O)C(Cl)Cl. The van der Waals surface area contributed by atoms with Crippen LogP contribution in [0.15, 0.2) is 0 Å². The number of halogens is 2. The van der Waals surface area contributed by atoms with Gasteiger partial charge in [0.25, 0.3) is 5.91 Å². The number of carbonyl (C=O) groups excluding carboxylic acids is 1. The maximum Gasteiger partial charge on any atom is 0.256 e.